The van der Waals surface area contributed by atoms with E-state index >= 15 is 0 Å². The first kappa shape index (κ1) is 13.2. The van der Waals surface area contributed by atoms with Crippen LogP contribution in [0.2, 0.25) is 0 Å². The summed E-state index contributed by atoms with van der Waals surface area (Å²) in [5.74, 6) is 0.174. The molecule has 0 aliphatic carbocycles. The van der Waals surface area contributed by atoms with Gasteiger partial charge in [-0.2, -0.15) is 0 Å². The molecule has 0 saturated carbocycles. The third-order valence-electron chi connectivity index (χ3n) is 2.75. The van der Waals surface area contributed by atoms with Gasteiger partial charge in [0, 0.05) is 17.8 Å². The molecule has 2 aromatic rings. The standard InChI is InChI=1S/C14H17FN2S/c1-9(2)14-12(8-16)18-13(17-14)7-10-4-3-5-11(15)6-10/h3-6,9H,7-8,16H2,1-2H3. The molecule has 4 heteroatoms. The molecule has 0 fully saturated rings. The highest BCUT2D eigenvalue weighted by Crippen LogP contribution is 2.26. The third kappa shape index (κ3) is 2.94. The molecule has 18 heavy (non-hydrogen) atoms. The molecule has 96 valence electrons. The van der Waals surface area contributed by atoms with Gasteiger partial charge in [-0.25, -0.2) is 9.37 Å². The van der Waals surface area contributed by atoms with E-state index in [4.69, 9.17) is 5.73 Å². The van der Waals surface area contributed by atoms with E-state index in [-0.39, 0.29) is 5.82 Å². The molecule has 0 atom stereocenters. The molecule has 0 spiro atoms. The summed E-state index contributed by atoms with van der Waals surface area (Å²) in [4.78, 5) is 5.76. The number of aromatic nitrogens is 1. The zero-order chi connectivity index (χ0) is 13.1. The van der Waals surface area contributed by atoms with E-state index in [0.29, 0.717) is 18.9 Å². The second kappa shape index (κ2) is 5.59. The summed E-state index contributed by atoms with van der Waals surface area (Å²) in [5, 5.41) is 1.00. The molecule has 1 heterocycles. The smallest absolute Gasteiger partial charge is 0.123 e. The van der Waals surface area contributed by atoms with Crippen LogP contribution in [0.5, 0.6) is 0 Å². The third-order valence-corrected chi connectivity index (χ3v) is 3.84. The van der Waals surface area contributed by atoms with E-state index in [1.807, 2.05) is 6.07 Å². The Kier molecular flexibility index (Phi) is 4.09. The van der Waals surface area contributed by atoms with Gasteiger partial charge in [0.2, 0.25) is 0 Å². The van der Waals surface area contributed by atoms with Crippen LogP contribution in [-0.2, 0) is 13.0 Å². The lowest BCUT2D eigenvalue weighted by Gasteiger charge is -2.01. The SMILES string of the molecule is CC(C)c1nc(Cc2cccc(F)c2)sc1CN. The molecule has 0 amide bonds. The van der Waals surface area contributed by atoms with Crippen molar-refractivity contribution in [3.8, 4) is 0 Å². The fourth-order valence-electron chi connectivity index (χ4n) is 1.91. The van der Waals surface area contributed by atoms with Crippen LogP contribution in [0, 0.1) is 5.82 Å². The average Bonchev–Trinajstić information content (AvgIpc) is 2.72. The van der Waals surface area contributed by atoms with Crippen LogP contribution in [0.25, 0.3) is 0 Å². The fourth-order valence-corrected chi connectivity index (χ4v) is 3.04. The van der Waals surface area contributed by atoms with Crippen molar-refractivity contribution < 1.29 is 4.39 Å². The van der Waals surface area contributed by atoms with Gasteiger partial charge >= 0.3 is 0 Å². The monoisotopic (exact) mass is 264 g/mol. The summed E-state index contributed by atoms with van der Waals surface area (Å²) in [5.41, 5.74) is 7.75. The number of rotatable bonds is 4. The normalized spacial score (nSPS) is 11.2. The Morgan fingerprint density at radius 3 is 2.72 bits per heavy atom. The van der Waals surface area contributed by atoms with Gasteiger partial charge in [-0.15, -0.1) is 11.3 Å². The molecule has 0 aliphatic rings. The minimum Gasteiger partial charge on any atom is -0.326 e. The molecule has 2 N–H and O–H groups in total. The van der Waals surface area contributed by atoms with E-state index in [9.17, 15) is 4.39 Å². The lowest BCUT2D eigenvalue weighted by molar-refractivity contribution is 0.626. The summed E-state index contributed by atoms with van der Waals surface area (Å²) in [7, 11) is 0. The molecule has 2 nitrogen and oxygen atoms in total. The maximum Gasteiger partial charge on any atom is 0.123 e. The van der Waals surface area contributed by atoms with Crippen molar-refractivity contribution in [3.63, 3.8) is 0 Å². The summed E-state index contributed by atoms with van der Waals surface area (Å²) in [6.45, 7) is 4.74. The van der Waals surface area contributed by atoms with Crippen LogP contribution in [0.4, 0.5) is 4.39 Å². The number of halogens is 1. The highest BCUT2D eigenvalue weighted by molar-refractivity contribution is 7.11. The second-order valence-corrected chi connectivity index (χ2v) is 5.75. The van der Waals surface area contributed by atoms with Gasteiger partial charge in [0.15, 0.2) is 0 Å². The van der Waals surface area contributed by atoms with Gasteiger partial charge in [-0.1, -0.05) is 26.0 Å². The molecular formula is C14H17FN2S. The van der Waals surface area contributed by atoms with Crippen molar-refractivity contribution in [1.29, 1.82) is 0 Å². The lowest BCUT2D eigenvalue weighted by atomic mass is 10.1. The topological polar surface area (TPSA) is 38.9 Å². The Labute approximate surface area is 111 Å². The predicted molar refractivity (Wildman–Crippen MR) is 73.3 cm³/mol. The molecule has 1 aromatic heterocycles. The molecule has 1 aromatic carbocycles. The zero-order valence-electron chi connectivity index (χ0n) is 10.6. The molecule has 0 bridgehead atoms. The van der Waals surface area contributed by atoms with Crippen LogP contribution in [-0.4, -0.2) is 4.98 Å². The van der Waals surface area contributed by atoms with Crippen molar-refractivity contribution in [1.82, 2.24) is 4.98 Å². The van der Waals surface area contributed by atoms with E-state index in [2.05, 4.69) is 18.8 Å². The van der Waals surface area contributed by atoms with Gasteiger partial charge < -0.3 is 5.73 Å². The van der Waals surface area contributed by atoms with Crippen LogP contribution >= 0.6 is 11.3 Å². The van der Waals surface area contributed by atoms with Crippen molar-refractivity contribution >= 4 is 11.3 Å². The summed E-state index contributed by atoms with van der Waals surface area (Å²) >= 11 is 1.63. The summed E-state index contributed by atoms with van der Waals surface area (Å²) < 4.78 is 13.1. The van der Waals surface area contributed by atoms with Gasteiger partial charge in [0.25, 0.3) is 0 Å². The van der Waals surface area contributed by atoms with E-state index in [0.717, 1.165) is 21.1 Å². The van der Waals surface area contributed by atoms with Gasteiger partial charge in [0.05, 0.1) is 10.7 Å². The number of hydrogen-bond donors (Lipinski definition) is 1. The number of hydrogen-bond acceptors (Lipinski definition) is 3. The minimum atomic E-state index is -0.202. The van der Waals surface area contributed by atoms with Crippen molar-refractivity contribution in [2.24, 2.45) is 5.73 Å². The Hall–Kier alpha value is -1.26. The molecule has 2 rings (SSSR count). The highest BCUT2D eigenvalue weighted by atomic mass is 32.1. The fraction of sp³-hybridized carbons (Fsp3) is 0.357. The summed E-state index contributed by atoms with van der Waals surface area (Å²) in [6.07, 6.45) is 0.669. The van der Waals surface area contributed by atoms with Crippen molar-refractivity contribution in [2.45, 2.75) is 32.7 Å². The number of benzene rings is 1. The lowest BCUT2D eigenvalue weighted by Crippen LogP contribution is -1.99. The Balaban J connectivity index is 2.24. The first-order valence-electron chi connectivity index (χ1n) is 6.03. The molecule has 0 radical (unpaired) electrons. The Bertz CT molecular complexity index is 534. The maximum absolute atomic E-state index is 13.1. The van der Waals surface area contributed by atoms with E-state index in [1.54, 1.807) is 23.5 Å². The van der Waals surface area contributed by atoms with Crippen LogP contribution < -0.4 is 5.73 Å². The first-order valence-corrected chi connectivity index (χ1v) is 6.84. The van der Waals surface area contributed by atoms with Crippen molar-refractivity contribution in [2.75, 3.05) is 0 Å². The number of nitrogens with two attached hydrogens (primary N) is 1. The van der Waals surface area contributed by atoms with Gasteiger partial charge in [-0.05, 0) is 23.6 Å². The first-order chi connectivity index (χ1) is 8.60. The molecule has 0 saturated heterocycles. The maximum atomic E-state index is 13.1. The second-order valence-electron chi connectivity index (χ2n) is 4.58. The largest absolute Gasteiger partial charge is 0.326 e. The van der Waals surface area contributed by atoms with E-state index in [1.165, 1.54) is 6.07 Å². The van der Waals surface area contributed by atoms with Crippen LogP contribution in [0.15, 0.2) is 24.3 Å². The quantitative estimate of drug-likeness (QED) is 0.918. The highest BCUT2D eigenvalue weighted by Gasteiger charge is 2.13. The summed E-state index contributed by atoms with van der Waals surface area (Å²) in [6, 6.07) is 6.65. The molecule has 0 aliphatic heterocycles. The van der Waals surface area contributed by atoms with Crippen LogP contribution in [0.1, 0.15) is 40.9 Å². The average molecular weight is 264 g/mol. The van der Waals surface area contributed by atoms with Crippen LogP contribution in [0.3, 0.4) is 0 Å². The minimum absolute atomic E-state index is 0.202. The van der Waals surface area contributed by atoms with E-state index < -0.39 is 0 Å². The predicted octanol–water partition coefficient (Wildman–Crippen LogP) is 3.46. The Morgan fingerprint density at radius 2 is 2.17 bits per heavy atom. The molecular weight excluding hydrogens is 247 g/mol. The van der Waals surface area contributed by atoms with Gasteiger partial charge in [0.1, 0.15) is 5.82 Å². The van der Waals surface area contributed by atoms with Gasteiger partial charge in [-0.3, -0.25) is 0 Å². The zero-order valence-corrected chi connectivity index (χ0v) is 11.4. The van der Waals surface area contributed by atoms with Crippen molar-refractivity contribution in [3.05, 3.63) is 51.2 Å². The number of thiazole rings is 1. The number of nitrogens with zero attached hydrogens (tertiary/aromatic N) is 1. The Morgan fingerprint density at radius 1 is 1.39 bits per heavy atom. The molecule has 0 unspecified atom stereocenters.